The van der Waals surface area contributed by atoms with Crippen molar-refractivity contribution in [1.29, 1.82) is 0 Å². The van der Waals surface area contributed by atoms with Crippen LogP contribution in [-0.2, 0) is 4.74 Å². The number of carbonyl (C=O) groups is 1. The number of carbonyl (C=O) groups excluding carboxylic acids is 1. The van der Waals surface area contributed by atoms with E-state index in [1.165, 1.54) is 23.5 Å². The van der Waals surface area contributed by atoms with Gasteiger partial charge in [-0.3, -0.25) is 9.69 Å². The van der Waals surface area contributed by atoms with E-state index >= 15 is 0 Å². The normalized spacial score (nSPS) is 16.6. The highest BCUT2D eigenvalue weighted by atomic mass is 79.9. The predicted molar refractivity (Wildman–Crippen MR) is 98.4 cm³/mol. The van der Waals surface area contributed by atoms with Gasteiger partial charge in [0.15, 0.2) is 5.69 Å². The zero-order valence-electron chi connectivity index (χ0n) is 13.8. The molecule has 0 spiro atoms. The molecular formula is C17H19BrFN3O2S. The van der Waals surface area contributed by atoms with Gasteiger partial charge in [0.05, 0.1) is 24.3 Å². The molecule has 0 unspecified atom stereocenters. The fraction of sp³-hybridized carbons (Fsp3) is 0.412. The molecule has 1 fully saturated rings. The number of benzene rings is 1. The van der Waals surface area contributed by atoms with Gasteiger partial charge in [0.1, 0.15) is 9.60 Å². The number of amides is 1. The van der Waals surface area contributed by atoms with E-state index in [9.17, 15) is 9.18 Å². The number of aryl methyl sites for hydroxylation is 1. The third-order valence-corrected chi connectivity index (χ3v) is 5.70. The molecule has 1 N–H and O–H groups in total. The van der Waals surface area contributed by atoms with Crippen molar-refractivity contribution in [1.82, 2.24) is 15.2 Å². The Hall–Kier alpha value is -1.35. The van der Waals surface area contributed by atoms with E-state index < -0.39 is 0 Å². The van der Waals surface area contributed by atoms with Gasteiger partial charge < -0.3 is 10.1 Å². The van der Waals surface area contributed by atoms with Crippen molar-refractivity contribution in [2.24, 2.45) is 0 Å². The Morgan fingerprint density at radius 2 is 2.24 bits per heavy atom. The van der Waals surface area contributed by atoms with Crippen molar-refractivity contribution in [3.05, 3.63) is 50.1 Å². The van der Waals surface area contributed by atoms with Crippen LogP contribution >= 0.6 is 27.3 Å². The number of nitrogens with zero attached hydrogens (tertiary/aromatic N) is 2. The Kier molecular flexibility index (Phi) is 6.16. The third kappa shape index (κ3) is 4.63. The summed E-state index contributed by atoms with van der Waals surface area (Å²) in [6, 6.07) is 6.42. The number of morpholine rings is 1. The van der Waals surface area contributed by atoms with Crippen molar-refractivity contribution < 1.29 is 13.9 Å². The van der Waals surface area contributed by atoms with E-state index in [-0.39, 0.29) is 17.8 Å². The molecule has 2 aromatic rings. The summed E-state index contributed by atoms with van der Waals surface area (Å²) in [5.74, 6) is -0.508. The number of thiazole rings is 1. The molecule has 1 aromatic heterocycles. The lowest BCUT2D eigenvalue weighted by Crippen LogP contribution is -2.44. The SMILES string of the molecule is Cc1nc(C(=O)NC[C@H](c2cccc(F)c2)N2CCOCC2)c(Br)s1. The smallest absolute Gasteiger partial charge is 0.272 e. The highest BCUT2D eigenvalue weighted by Gasteiger charge is 2.24. The van der Waals surface area contributed by atoms with Crippen LogP contribution in [-0.4, -0.2) is 48.6 Å². The molecule has 0 aliphatic carbocycles. The molecule has 1 aliphatic rings. The van der Waals surface area contributed by atoms with Gasteiger partial charge in [-0.05, 0) is 40.5 Å². The summed E-state index contributed by atoms with van der Waals surface area (Å²) in [5.41, 5.74) is 1.23. The van der Waals surface area contributed by atoms with Crippen molar-refractivity contribution >= 4 is 33.2 Å². The van der Waals surface area contributed by atoms with Crippen LogP contribution in [0.15, 0.2) is 28.1 Å². The van der Waals surface area contributed by atoms with Gasteiger partial charge in [-0.1, -0.05) is 12.1 Å². The molecule has 1 amide bonds. The molecule has 1 saturated heterocycles. The topological polar surface area (TPSA) is 54.5 Å². The van der Waals surface area contributed by atoms with Gasteiger partial charge in [0.25, 0.3) is 5.91 Å². The van der Waals surface area contributed by atoms with Gasteiger partial charge in [-0.2, -0.15) is 0 Å². The lowest BCUT2D eigenvalue weighted by molar-refractivity contribution is 0.0161. The largest absolute Gasteiger partial charge is 0.379 e. The number of hydrogen-bond donors (Lipinski definition) is 1. The third-order valence-electron chi connectivity index (χ3n) is 4.08. The number of ether oxygens (including phenoxy) is 1. The summed E-state index contributed by atoms with van der Waals surface area (Å²) in [6.07, 6.45) is 0. The molecule has 0 bridgehead atoms. The van der Waals surface area contributed by atoms with E-state index in [0.29, 0.717) is 25.5 Å². The summed E-state index contributed by atoms with van der Waals surface area (Å²) in [7, 11) is 0. The number of nitrogens with one attached hydrogen (secondary N) is 1. The summed E-state index contributed by atoms with van der Waals surface area (Å²) < 4.78 is 19.8. The van der Waals surface area contributed by atoms with E-state index in [1.807, 2.05) is 13.0 Å². The first-order valence-electron chi connectivity index (χ1n) is 8.03. The van der Waals surface area contributed by atoms with E-state index in [2.05, 4.69) is 31.1 Å². The molecule has 1 aliphatic heterocycles. The zero-order chi connectivity index (χ0) is 17.8. The molecular weight excluding hydrogens is 409 g/mol. The molecule has 3 rings (SSSR count). The summed E-state index contributed by atoms with van der Waals surface area (Å²) in [5, 5.41) is 3.76. The zero-order valence-corrected chi connectivity index (χ0v) is 16.2. The maximum absolute atomic E-state index is 13.7. The van der Waals surface area contributed by atoms with E-state index in [4.69, 9.17) is 4.74 Å². The average molecular weight is 428 g/mol. The molecule has 134 valence electrons. The second kappa shape index (κ2) is 8.35. The lowest BCUT2D eigenvalue weighted by Gasteiger charge is -2.34. The minimum atomic E-state index is -0.278. The number of halogens is 2. The highest BCUT2D eigenvalue weighted by Crippen LogP contribution is 2.25. The fourth-order valence-electron chi connectivity index (χ4n) is 2.88. The molecule has 8 heteroatoms. The van der Waals surface area contributed by atoms with E-state index in [1.54, 1.807) is 6.07 Å². The number of rotatable bonds is 5. The van der Waals surface area contributed by atoms with Crippen LogP contribution < -0.4 is 5.32 Å². The summed E-state index contributed by atoms with van der Waals surface area (Å²) in [6.45, 7) is 5.00. The minimum Gasteiger partial charge on any atom is -0.379 e. The first-order chi connectivity index (χ1) is 12.0. The second-order valence-electron chi connectivity index (χ2n) is 5.78. The standard InChI is InChI=1S/C17H19BrFN3O2S/c1-11-21-15(16(18)25-11)17(23)20-10-14(22-5-7-24-8-6-22)12-3-2-4-13(19)9-12/h2-4,9,14H,5-8,10H2,1H3,(H,20,23)/t14-/m1/s1. The van der Waals surface area contributed by atoms with Crippen molar-refractivity contribution in [2.45, 2.75) is 13.0 Å². The van der Waals surface area contributed by atoms with Crippen molar-refractivity contribution in [3.63, 3.8) is 0 Å². The Morgan fingerprint density at radius 1 is 1.48 bits per heavy atom. The van der Waals surface area contributed by atoms with Gasteiger partial charge >= 0.3 is 0 Å². The fourth-order valence-corrected chi connectivity index (χ4v) is 4.48. The Morgan fingerprint density at radius 3 is 2.88 bits per heavy atom. The second-order valence-corrected chi connectivity index (χ2v) is 8.31. The molecule has 25 heavy (non-hydrogen) atoms. The average Bonchev–Trinajstić information content (AvgIpc) is 2.94. The van der Waals surface area contributed by atoms with Crippen LogP contribution in [0, 0.1) is 12.7 Å². The molecule has 2 heterocycles. The van der Waals surface area contributed by atoms with Crippen molar-refractivity contribution in [2.75, 3.05) is 32.8 Å². The first kappa shape index (κ1) is 18.4. The van der Waals surface area contributed by atoms with Crippen LogP contribution in [0.25, 0.3) is 0 Å². The molecule has 1 atom stereocenters. The van der Waals surface area contributed by atoms with Gasteiger partial charge in [-0.25, -0.2) is 9.37 Å². The monoisotopic (exact) mass is 427 g/mol. The van der Waals surface area contributed by atoms with Crippen molar-refractivity contribution in [3.8, 4) is 0 Å². The molecule has 5 nitrogen and oxygen atoms in total. The van der Waals surface area contributed by atoms with Crippen LogP contribution in [0.2, 0.25) is 0 Å². The molecule has 0 saturated carbocycles. The van der Waals surface area contributed by atoms with Gasteiger partial charge in [0, 0.05) is 19.6 Å². The lowest BCUT2D eigenvalue weighted by atomic mass is 10.0. The van der Waals surface area contributed by atoms with Crippen LogP contribution in [0.4, 0.5) is 4.39 Å². The van der Waals surface area contributed by atoms with Crippen LogP contribution in [0.3, 0.4) is 0 Å². The maximum Gasteiger partial charge on any atom is 0.272 e. The predicted octanol–water partition coefficient (Wildman–Crippen LogP) is 3.16. The van der Waals surface area contributed by atoms with Crippen LogP contribution in [0.5, 0.6) is 0 Å². The van der Waals surface area contributed by atoms with E-state index in [0.717, 1.165) is 27.4 Å². The summed E-state index contributed by atoms with van der Waals surface area (Å²) in [4.78, 5) is 18.9. The highest BCUT2D eigenvalue weighted by molar-refractivity contribution is 9.11. The van der Waals surface area contributed by atoms with Crippen LogP contribution in [0.1, 0.15) is 27.1 Å². The quantitative estimate of drug-likeness (QED) is 0.795. The Balaban J connectivity index is 1.75. The molecule has 0 radical (unpaired) electrons. The summed E-state index contributed by atoms with van der Waals surface area (Å²) >= 11 is 4.80. The minimum absolute atomic E-state index is 0.109. The maximum atomic E-state index is 13.7. The number of hydrogen-bond acceptors (Lipinski definition) is 5. The Labute approximate surface area is 158 Å². The Bertz CT molecular complexity index is 749. The van der Waals surface area contributed by atoms with Gasteiger partial charge in [0.2, 0.25) is 0 Å². The van der Waals surface area contributed by atoms with Gasteiger partial charge in [-0.15, -0.1) is 11.3 Å². The molecule has 1 aromatic carbocycles. The number of aromatic nitrogens is 1. The first-order valence-corrected chi connectivity index (χ1v) is 9.64.